The molecule has 1 aliphatic heterocycles. The van der Waals surface area contributed by atoms with E-state index in [9.17, 15) is 19.5 Å². The number of benzene rings is 1. The van der Waals surface area contributed by atoms with Gasteiger partial charge >= 0.3 is 5.97 Å². The molecule has 0 saturated carbocycles. The first-order valence-corrected chi connectivity index (χ1v) is 10.2. The lowest BCUT2D eigenvalue weighted by molar-refractivity contribution is -0.149. The van der Waals surface area contributed by atoms with E-state index < -0.39 is 24.0 Å². The molecule has 31 heavy (non-hydrogen) atoms. The molecule has 0 spiro atoms. The van der Waals surface area contributed by atoms with Gasteiger partial charge in [0.05, 0.1) is 19.7 Å². The van der Waals surface area contributed by atoms with Gasteiger partial charge in [-0.1, -0.05) is 13.8 Å². The molecule has 9 nitrogen and oxygen atoms in total. The third kappa shape index (κ3) is 4.17. The van der Waals surface area contributed by atoms with Crippen LogP contribution < -0.4 is 14.8 Å². The smallest absolute Gasteiger partial charge is 0.326 e. The van der Waals surface area contributed by atoms with Crippen molar-refractivity contribution < 1.29 is 29.0 Å². The first-order chi connectivity index (χ1) is 14.7. The minimum Gasteiger partial charge on any atom is -0.493 e. The average Bonchev–Trinajstić information content (AvgIpc) is 3.35. The maximum absolute atomic E-state index is 13.1. The number of hydrogen-bond acceptors (Lipinski definition) is 5. The van der Waals surface area contributed by atoms with Crippen molar-refractivity contribution >= 4 is 28.7 Å². The lowest BCUT2D eigenvalue weighted by Gasteiger charge is -2.29. The Balaban J connectivity index is 1.89. The summed E-state index contributed by atoms with van der Waals surface area (Å²) >= 11 is 0. The highest BCUT2D eigenvalue weighted by atomic mass is 16.5. The molecule has 2 atom stereocenters. The summed E-state index contributed by atoms with van der Waals surface area (Å²) in [7, 11) is 4.85. The minimum absolute atomic E-state index is 0.207. The Hall–Kier alpha value is -3.23. The number of carbonyl (C=O) groups excluding carboxylic acids is 2. The van der Waals surface area contributed by atoms with Gasteiger partial charge in [0.2, 0.25) is 5.91 Å². The van der Waals surface area contributed by atoms with E-state index in [4.69, 9.17) is 9.47 Å². The zero-order valence-corrected chi connectivity index (χ0v) is 18.5. The van der Waals surface area contributed by atoms with Gasteiger partial charge in [0.1, 0.15) is 17.8 Å². The van der Waals surface area contributed by atoms with Crippen LogP contribution in [0.1, 0.15) is 37.2 Å². The van der Waals surface area contributed by atoms with Crippen LogP contribution in [0.4, 0.5) is 0 Å². The highest BCUT2D eigenvalue weighted by Crippen LogP contribution is 2.33. The number of nitrogens with zero attached hydrogens (tertiary/aromatic N) is 2. The second kappa shape index (κ2) is 8.87. The summed E-state index contributed by atoms with van der Waals surface area (Å²) in [6.45, 7) is 4.03. The fourth-order valence-electron chi connectivity index (χ4n) is 4.08. The first-order valence-electron chi connectivity index (χ1n) is 10.2. The number of hydrogen-bond donors (Lipinski definition) is 2. The summed E-state index contributed by atoms with van der Waals surface area (Å²) in [4.78, 5) is 39.1. The van der Waals surface area contributed by atoms with Crippen LogP contribution in [0.3, 0.4) is 0 Å². The van der Waals surface area contributed by atoms with Crippen molar-refractivity contribution in [3.8, 4) is 11.5 Å². The molecule has 0 radical (unpaired) electrons. The number of aryl methyl sites for hydroxylation is 1. The minimum atomic E-state index is -1.02. The third-order valence-corrected chi connectivity index (χ3v) is 5.82. The van der Waals surface area contributed by atoms with Crippen molar-refractivity contribution in [3.63, 3.8) is 0 Å². The molecule has 9 heteroatoms. The van der Waals surface area contributed by atoms with Crippen molar-refractivity contribution in [3.05, 3.63) is 23.9 Å². The number of carboxylic acid groups (broad SMARTS) is 1. The Morgan fingerprint density at radius 1 is 1.13 bits per heavy atom. The molecule has 0 aliphatic carbocycles. The molecule has 1 saturated heterocycles. The van der Waals surface area contributed by atoms with Gasteiger partial charge in [-0.05, 0) is 30.9 Å². The van der Waals surface area contributed by atoms with Gasteiger partial charge in [-0.3, -0.25) is 9.59 Å². The van der Waals surface area contributed by atoms with E-state index >= 15 is 0 Å². The molecule has 2 N–H and O–H groups in total. The molecule has 168 valence electrons. The topological polar surface area (TPSA) is 110 Å². The normalized spacial score (nSPS) is 17.1. The molecular formula is C22H29N3O6. The van der Waals surface area contributed by atoms with Gasteiger partial charge in [-0.15, -0.1) is 0 Å². The van der Waals surface area contributed by atoms with Gasteiger partial charge in [0.15, 0.2) is 11.5 Å². The molecule has 0 bridgehead atoms. The number of carboxylic acids is 1. The first kappa shape index (κ1) is 22.5. The van der Waals surface area contributed by atoms with Crippen LogP contribution >= 0.6 is 0 Å². The average molecular weight is 431 g/mol. The largest absolute Gasteiger partial charge is 0.493 e. The number of carbonyl (C=O) groups is 3. The predicted molar refractivity (Wildman–Crippen MR) is 114 cm³/mol. The monoisotopic (exact) mass is 431 g/mol. The summed E-state index contributed by atoms with van der Waals surface area (Å²) in [5, 5.41) is 13.0. The van der Waals surface area contributed by atoms with E-state index in [0.29, 0.717) is 36.6 Å². The van der Waals surface area contributed by atoms with E-state index in [1.165, 1.54) is 4.90 Å². The van der Waals surface area contributed by atoms with E-state index in [0.717, 1.165) is 10.9 Å². The van der Waals surface area contributed by atoms with Crippen LogP contribution in [-0.4, -0.2) is 65.2 Å². The Bertz CT molecular complexity index is 1010. The molecule has 2 unspecified atom stereocenters. The van der Waals surface area contributed by atoms with Gasteiger partial charge in [0.25, 0.3) is 5.91 Å². The van der Waals surface area contributed by atoms with Gasteiger partial charge in [-0.2, -0.15) is 0 Å². The summed E-state index contributed by atoms with van der Waals surface area (Å²) in [5.74, 6) is -0.897. The number of ether oxygens (including phenoxy) is 2. The van der Waals surface area contributed by atoms with E-state index in [2.05, 4.69) is 5.32 Å². The molecule has 1 aliphatic rings. The van der Waals surface area contributed by atoms with Crippen LogP contribution in [0.2, 0.25) is 0 Å². The third-order valence-electron chi connectivity index (χ3n) is 5.82. The maximum Gasteiger partial charge on any atom is 0.326 e. The fraction of sp³-hybridized carbons (Fsp3) is 0.500. The highest BCUT2D eigenvalue weighted by molar-refractivity contribution is 6.01. The summed E-state index contributed by atoms with van der Waals surface area (Å²) in [6, 6.07) is 3.64. The number of fused-ring (bicyclic) bond motifs is 1. The quantitative estimate of drug-likeness (QED) is 0.694. The lowest BCUT2D eigenvalue weighted by Crippen LogP contribution is -2.53. The van der Waals surface area contributed by atoms with Crippen molar-refractivity contribution in [2.75, 3.05) is 20.8 Å². The van der Waals surface area contributed by atoms with E-state index in [1.54, 1.807) is 44.0 Å². The van der Waals surface area contributed by atoms with E-state index in [1.807, 2.05) is 13.8 Å². The van der Waals surface area contributed by atoms with Crippen LogP contribution in [-0.2, 0) is 16.6 Å². The zero-order valence-electron chi connectivity index (χ0n) is 18.5. The van der Waals surface area contributed by atoms with Crippen molar-refractivity contribution in [1.82, 2.24) is 14.8 Å². The van der Waals surface area contributed by atoms with Crippen LogP contribution in [0, 0.1) is 5.92 Å². The number of amides is 2. The van der Waals surface area contributed by atoms with Gasteiger partial charge in [0, 0.05) is 25.0 Å². The predicted octanol–water partition coefficient (Wildman–Crippen LogP) is 2.03. The number of likely N-dealkylation sites (tertiary alicyclic amines) is 1. The molecule has 1 aromatic carbocycles. The number of nitrogens with one attached hydrogen (secondary N) is 1. The number of rotatable bonds is 7. The second-order valence-corrected chi connectivity index (χ2v) is 8.08. The van der Waals surface area contributed by atoms with Crippen LogP contribution in [0.5, 0.6) is 11.5 Å². The highest BCUT2D eigenvalue weighted by Gasteiger charge is 2.38. The fourth-order valence-corrected chi connectivity index (χ4v) is 4.08. The lowest BCUT2D eigenvalue weighted by atomic mass is 10.0. The van der Waals surface area contributed by atoms with Gasteiger partial charge in [-0.25, -0.2) is 4.79 Å². The summed E-state index contributed by atoms with van der Waals surface area (Å²) in [5.41, 5.74) is 1.15. The Morgan fingerprint density at radius 2 is 1.77 bits per heavy atom. The Kier molecular flexibility index (Phi) is 6.42. The molecule has 3 rings (SSSR count). The van der Waals surface area contributed by atoms with Crippen molar-refractivity contribution in [2.24, 2.45) is 13.0 Å². The summed E-state index contributed by atoms with van der Waals surface area (Å²) in [6.07, 6.45) is 1.06. The van der Waals surface area contributed by atoms with Crippen LogP contribution in [0.25, 0.3) is 10.9 Å². The number of aromatic nitrogens is 1. The van der Waals surface area contributed by atoms with Crippen molar-refractivity contribution in [2.45, 2.75) is 38.8 Å². The standard InChI is InChI=1S/C22H29N3O6/c1-12(2)19(21(27)25-8-6-7-14(25)22(28)29)23-20(26)16-9-13-10-17(30-4)18(31-5)11-15(13)24(16)3/h9-12,14,19H,6-8H2,1-5H3,(H,23,26)(H,28,29). The Labute approximate surface area is 180 Å². The molecule has 2 aromatic rings. The Morgan fingerprint density at radius 3 is 2.35 bits per heavy atom. The SMILES string of the molecule is COc1cc2cc(C(=O)NC(C(=O)N3CCCC3C(=O)O)C(C)C)n(C)c2cc1OC. The van der Waals surface area contributed by atoms with E-state index in [-0.39, 0.29) is 11.8 Å². The second-order valence-electron chi connectivity index (χ2n) is 8.08. The number of methoxy groups -OCH3 is 2. The molecular weight excluding hydrogens is 402 g/mol. The molecule has 1 fully saturated rings. The zero-order chi connectivity index (χ0) is 22.9. The van der Waals surface area contributed by atoms with Crippen molar-refractivity contribution in [1.29, 1.82) is 0 Å². The number of aliphatic carboxylic acids is 1. The molecule has 1 aromatic heterocycles. The van der Waals surface area contributed by atoms with Crippen LogP contribution in [0.15, 0.2) is 18.2 Å². The van der Waals surface area contributed by atoms with Gasteiger partial charge < -0.3 is 29.4 Å². The molecule has 2 heterocycles. The maximum atomic E-state index is 13.1. The molecule has 2 amide bonds. The summed E-state index contributed by atoms with van der Waals surface area (Å²) < 4.78 is 12.4.